The van der Waals surface area contributed by atoms with Gasteiger partial charge in [-0.05, 0) is 52.6 Å². The van der Waals surface area contributed by atoms with Crippen molar-refractivity contribution in [2.75, 3.05) is 12.0 Å². The Morgan fingerprint density at radius 2 is 2.32 bits per heavy atom. The molecule has 0 fully saturated rings. The van der Waals surface area contributed by atoms with E-state index >= 15 is 0 Å². The van der Waals surface area contributed by atoms with Crippen molar-refractivity contribution in [1.82, 2.24) is 5.32 Å². The predicted molar refractivity (Wildman–Crippen MR) is 78.0 cm³/mol. The second-order valence-corrected chi connectivity index (χ2v) is 5.42. The first-order valence-electron chi connectivity index (χ1n) is 5.48. The van der Waals surface area contributed by atoms with E-state index in [-0.39, 0.29) is 0 Å². The summed E-state index contributed by atoms with van der Waals surface area (Å²) in [5, 5.41) is 11.4. The molecule has 1 atom stereocenters. The van der Waals surface area contributed by atoms with Crippen molar-refractivity contribution in [3.05, 3.63) is 28.6 Å². The molecule has 1 aromatic heterocycles. The largest absolute Gasteiger partial charge is 0.480 e. The zero-order chi connectivity index (χ0) is 14.3. The third kappa shape index (κ3) is 5.98. The number of furan rings is 1. The fourth-order valence-electron chi connectivity index (χ4n) is 1.29. The van der Waals surface area contributed by atoms with Crippen LogP contribution in [0.3, 0.4) is 0 Å². The molecule has 1 aromatic rings. The van der Waals surface area contributed by atoms with Crippen LogP contribution in [-0.4, -0.2) is 35.0 Å². The van der Waals surface area contributed by atoms with Crippen LogP contribution in [0.15, 0.2) is 27.3 Å². The summed E-state index contributed by atoms with van der Waals surface area (Å²) in [6.07, 6.45) is 5.01. The normalized spacial score (nSPS) is 12.5. The molecule has 0 radical (unpaired) electrons. The quantitative estimate of drug-likeness (QED) is 0.740. The maximum Gasteiger partial charge on any atom is 0.326 e. The molecule has 0 saturated carbocycles. The number of aliphatic carboxylic acids is 1. The Labute approximate surface area is 123 Å². The van der Waals surface area contributed by atoms with E-state index in [1.165, 1.54) is 23.9 Å². The van der Waals surface area contributed by atoms with Gasteiger partial charge in [-0.15, -0.1) is 0 Å². The third-order valence-corrected chi connectivity index (χ3v) is 3.29. The maximum absolute atomic E-state index is 11.6. The molecule has 0 aliphatic carbocycles. The number of carboxylic acids is 1. The molecule has 0 saturated heterocycles. The molecular formula is C12H14BrNO4S. The van der Waals surface area contributed by atoms with Gasteiger partial charge in [0.15, 0.2) is 4.67 Å². The van der Waals surface area contributed by atoms with Crippen LogP contribution in [0.2, 0.25) is 0 Å². The molecule has 0 bridgehead atoms. The lowest BCUT2D eigenvalue weighted by Crippen LogP contribution is -2.40. The lowest BCUT2D eigenvalue weighted by molar-refractivity contribution is -0.141. The average molecular weight is 348 g/mol. The Hall–Kier alpha value is -1.21. The molecule has 0 aromatic carbocycles. The number of hydrogen-bond donors (Lipinski definition) is 2. The molecule has 0 aliphatic heterocycles. The molecule has 1 heterocycles. The van der Waals surface area contributed by atoms with E-state index in [0.717, 1.165) is 0 Å². The zero-order valence-electron chi connectivity index (χ0n) is 10.3. The summed E-state index contributed by atoms with van der Waals surface area (Å²) in [6.45, 7) is 0. The van der Waals surface area contributed by atoms with Gasteiger partial charge in [-0.2, -0.15) is 11.8 Å². The highest BCUT2D eigenvalue weighted by Crippen LogP contribution is 2.14. The minimum atomic E-state index is -1.03. The van der Waals surface area contributed by atoms with E-state index in [2.05, 4.69) is 21.2 Å². The smallest absolute Gasteiger partial charge is 0.326 e. The van der Waals surface area contributed by atoms with E-state index < -0.39 is 17.9 Å². The number of halogens is 1. The minimum absolute atomic E-state index is 0.391. The molecule has 1 rings (SSSR count). The second kappa shape index (κ2) is 8.06. The van der Waals surface area contributed by atoms with Crippen LogP contribution in [-0.2, 0) is 9.59 Å². The summed E-state index contributed by atoms with van der Waals surface area (Å²) >= 11 is 4.68. The third-order valence-electron chi connectivity index (χ3n) is 2.22. The molecule has 19 heavy (non-hydrogen) atoms. The number of rotatable bonds is 7. The number of amides is 1. The SMILES string of the molecule is CSCCC(NC(=O)/C=C/c1ccc(Br)o1)C(=O)O. The van der Waals surface area contributed by atoms with Gasteiger partial charge in [-0.1, -0.05) is 0 Å². The number of hydrogen-bond acceptors (Lipinski definition) is 4. The summed E-state index contributed by atoms with van der Waals surface area (Å²) in [5.74, 6) is -0.304. The Balaban J connectivity index is 2.52. The van der Waals surface area contributed by atoms with Crippen LogP contribution in [0.4, 0.5) is 0 Å². The zero-order valence-corrected chi connectivity index (χ0v) is 12.7. The highest BCUT2D eigenvalue weighted by molar-refractivity contribution is 9.10. The Morgan fingerprint density at radius 3 is 2.84 bits per heavy atom. The van der Waals surface area contributed by atoms with Crippen molar-refractivity contribution >= 4 is 45.6 Å². The van der Waals surface area contributed by atoms with E-state index in [9.17, 15) is 9.59 Å². The van der Waals surface area contributed by atoms with E-state index in [1.54, 1.807) is 12.1 Å². The maximum atomic E-state index is 11.6. The van der Waals surface area contributed by atoms with Crippen LogP contribution in [0.5, 0.6) is 0 Å². The van der Waals surface area contributed by atoms with Gasteiger partial charge in [0.25, 0.3) is 0 Å². The van der Waals surface area contributed by atoms with Gasteiger partial charge in [0, 0.05) is 6.08 Å². The first-order valence-corrected chi connectivity index (χ1v) is 7.67. The van der Waals surface area contributed by atoms with Crippen molar-refractivity contribution in [2.45, 2.75) is 12.5 Å². The molecular weight excluding hydrogens is 334 g/mol. The monoisotopic (exact) mass is 347 g/mol. The Morgan fingerprint density at radius 1 is 1.58 bits per heavy atom. The second-order valence-electron chi connectivity index (χ2n) is 3.66. The van der Waals surface area contributed by atoms with Gasteiger partial charge in [0.05, 0.1) is 0 Å². The molecule has 1 amide bonds. The Bertz CT molecular complexity index is 472. The van der Waals surface area contributed by atoms with Crippen molar-refractivity contribution in [1.29, 1.82) is 0 Å². The van der Waals surface area contributed by atoms with Crippen molar-refractivity contribution in [3.63, 3.8) is 0 Å². The number of carbonyl (C=O) groups excluding carboxylic acids is 1. The number of carboxylic acid groups (broad SMARTS) is 1. The first kappa shape index (κ1) is 15.8. The fraction of sp³-hybridized carbons (Fsp3) is 0.333. The topological polar surface area (TPSA) is 79.5 Å². The molecule has 0 aliphatic rings. The van der Waals surface area contributed by atoms with Crippen LogP contribution >= 0.6 is 27.7 Å². The highest BCUT2D eigenvalue weighted by atomic mass is 79.9. The van der Waals surface area contributed by atoms with Crippen LogP contribution in [0, 0.1) is 0 Å². The highest BCUT2D eigenvalue weighted by Gasteiger charge is 2.17. The predicted octanol–water partition coefficient (Wildman–Crippen LogP) is 2.38. The fourth-order valence-corrected chi connectivity index (χ4v) is 2.08. The van der Waals surface area contributed by atoms with Gasteiger partial charge in [-0.25, -0.2) is 4.79 Å². The number of nitrogens with one attached hydrogen (secondary N) is 1. The van der Waals surface area contributed by atoms with E-state index in [4.69, 9.17) is 9.52 Å². The molecule has 0 spiro atoms. The minimum Gasteiger partial charge on any atom is -0.480 e. The summed E-state index contributed by atoms with van der Waals surface area (Å²) in [6, 6.07) is 2.53. The molecule has 1 unspecified atom stereocenters. The van der Waals surface area contributed by atoms with Crippen LogP contribution in [0.25, 0.3) is 6.08 Å². The molecule has 104 valence electrons. The standard InChI is InChI=1S/C12H14BrNO4S/c1-19-7-6-9(12(16)17)14-11(15)5-3-8-2-4-10(13)18-8/h2-5,9H,6-7H2,1H3,(H,14,15)(H,16,17)/b5-3+. The van der Waals surface area contributed by atoms with E-state index in [1.807, 2.05) is 6.26 Å². The first-order chi connectivity index (χ1) is 9.02. The van der Waals surface area contributed by atoms with Crippen molar-refractivity contribution in [2.24, 2.45) is 0 Å². The lowest BCUT2D eigenvalue weighted by Gasteiger charge is -2.12. The van der Waals surface area contributed by atoms with Crippen LogP contribution in [0.1, 0.15) is 12.2 Å². The van der Waals surface area contributed by atoms with Crippen molar-refractivity contribution in [3.8, 4) is 0 Å². The number of thioether (sulfide) groups is 1. The van der Waals surface area contributed by atoms with Gasteiger partial charge in [-0.3, -0.25) is 4.79 Å². The summed E-state index contributed by atoms with van der Waals surface area (Å²) in [7, 11) is 0. The van der Waals surface area contributed by atoms with Gasteiger partial charge < -0.3 is 14.8 Å². The summed E-state index contributed by atoms with van der Waals surface area (Å²) in [5.41, 5.74) is 0. The van der Waals surface area contributed by atoms with Gasteiger partial charge in [0.2, 0.25) is 5.91 Å². The summed E-state index contributed by atoms with van der Waals surface area (Å²) in [4.78, 5) is 22.5. The van der Waals surface area contributed by atoms with E-state index in [0.29, 0.717) is 22.6 Å². The van der Waals surface area contributed by atoms with Gasteiger partial charge in [0.1, 0.15) is 11.8 Å². The number of carbonyl (C=O) groups is 2. The molecule has 2 N–H and O–H groups in total. The molecule has 5 nitrogen and oxygen atoms in total. The van der Waals surface area contributed by atoms with Gasteiger partial charge >= 0.3 is 5.97 Å². The lowest BCUT2D eigenvalue weighted by atomic mass is 10.2. The Kier molecular flexibility index (Phi) is 6.72. The average Bonchev–Trinajstić information content (AvgIpc) is 2.77. The van der Waals surface area contributed by atoms with Crippen LogP contribution < -0.4 is 5.32 Å². The van der Waals surface area contributed by atoms with Crippen molar-refractivity contribution < 1.29 is 19.1 Å². The molecule has 7 heteroatoms. The summed E-state index contributed by atoms with van der Waals surface area (Å²) < 4.78 is 5.75.